The molecule has 0 bridgehead atoms. The Balaban J connectivity index is 2.64. The Morgan fingerprint density at radius 2 is 1.86 bits per heavy atom. The number of hydrogen-bond acceptors (Lipinski definition) is 2. The number of alkyl halides is 1. The number of rotatable bonds is 4. The fraction of sp³-hybridized carbons (Fsp3) is 0.300. The smallest absolute Gasteiger partial charge is 0.320 e. The van der Waals surface area contributed by atoms with E-state index in [1.54, 1.807) is 24.3 Å². The molecule has 0 spiro atoms. The molecule has 3 N–H and O–H groups in total. The van der Waals surface area contributed by atoms with Gasteiger partial charge in [-0.3, -0.25) is 4.79 Å². The van der Waals surface area contributed by atoms with E-state index in [9.17, 15) is 9.18 Å². The van der Waals surface area contributed by atoms with E-state index >= 15 is 0 Å². The second-order valence-electron chi connectivity index (χ2n) is 3.10. The molecule has 0 aromatic heterocycles. The predicted molar refractivity (Wildman–Crippen MR) is 50.6 cm³/mol. The van der Waals surface area contributed by atoms with Crippen LogP contribution in [-0.4, -0.2) is 17.1 Å². The molecule has 1 rings (SSSR count). The molecule has 0 aliphatic rings. The average molecular weight is 197 g/mol. The van der Waals surface area contributed by atoms with E-state index in [4.69, 9.17) is 10.8 Å². The van der Waals surface area contributed by atoms with Crippen LogP contribution >= 0.6 is 0 Å². The molecule has 0 amide bonds. The first-order chi connectivity index (χ1) is 6.63. The van der Waals surface area contributed by atoms with Crippen LogP contribution < -0.4 is 5.73 Å². The summed E-state index contributed by atoms with van der Waals surface area (Å²) in [5.74, 6) is -1.03. The van der Waals surface area contributed by atoms with E-state index in [0.717, 1.165) is 5.56 Å². The summed E-state index contributed by atoms with van der Waals surface area (Å²) in [4.78, 5) is 10.4. The van der Waals surface area contributed by atoms with Crippen LogP contribution in [0.2, 0.25) is 0 Å². The van der Waals surface area contributed by atoms with Crippen LogP contribution in [0, 0.1) is 0 Å². The predicted octanol–water partition coefficient (Wildman–Crippen LogP) is 1.11. The van der Waals surface area contributed by atoms with Crippen LogP contribution in [0.15, 0.2) is 24.3 Å². The maximum atomic E-state index is 12.1. The van der Waals surface area contributed by atoms with E-state index in [0.29, 0.717) is 5.56 Å². The summed E-state index contributed by atoms with van der Waals surface area (Å²) in [7, 11) is 0. The molecule has 0 saturated heterocycles. The largest absolute Gasteiger partial charge is 0.480 e. The fourth-order valence-corrected chi connectivity index (χ4v) is 1.11. The Bertz CT molecular complexity index is 310. The highest BCUT2D eigenvalue weighted by molar-refractivity contribution is 5.73. The van der Waals surface area contributed by atoms with Crippen LogP contribution in [-0.2, 0) is 17.9 Å². The third kappa shape index (κ3) is 2.81. The second kappa shape index (κ2) is 4.72. The SMILES string of the molecule is N[C@H](Cc1ccc(CF)cc1)C(=O)O. The van der Waals surface area contributed by atoms with E-state index in [2.05, 4.69) is 0 Å². The second-order valence-corrected chi connectivity index (χ2v) is 3.10. The van der Waals surface area contributed by atoms with Crippen molar-refractivity contribution in [3.05, 3.63) is 35.4 Å². The van der Waals surface area contributed by atoms with E-state index in [-0.39, 0.29) is 6.42 Å². The van der Waals surface area contributed by atoms with Crippen molar-refractivity contribution in [1.82, 2.24) is 0 Å². The lowest BCUT2D eigenvalue weighted by atomic mass is 10.1. The number of nitrogens with two attached hydrogens (primary N) is 1. The molecule has 0 heterocycles. The van der Waals surface area contributed by atoms with E-state index < -0.39 is 18.7 Å². The minimum atomic E-state index is -1.03. The number of carbonyl (C=O) groups is 1. The average Bonchev–Trinajstić information content (AvgIpc) is 2.19. The van der Waals surface area contributed by atoms with E-state index in [1.807, 2.05) is 0 Å². The number of benzene rings is 1. The van der Waals surface area contributed by atoms with Gasteiger partial charge in [0.15, 0.2) is 0 Å². The number of halogens is 1. The molecule has 0 fully saturated rings. The summed E-state index contributed by atoms with van der Waals surface area (Å²) in [6.07, 6.45) is 0.266. The molecule has 0 saturated carbocycles. The van der Waals surface area contributed by atoms with Crippen molar-refractivity contribution in [1.29, 1.82) is 0 Å². The molecule has 3 nitrogen and oxygen atoms in total. The Labute approximate surface area is 81.4 Å². The van der Waals surface area contributed by atoms with Gasteiger partial charge in [-0.1, -0.05) is 24.3 Å². The third-order valence-corrected chi connectivity index (χ3v) is 1.95. The summed E-state index contributed by atoms with van der Waals surface area (Å²) in [5.41, 5.74) is 6.73. The number of hydrogen-bond donors (Lipinski definition) is 2. The zero-order valence-corrected chi connectivity index (χ0v) is 7.61. The van der Waals surface area contributed by atoms with Crippen molar-refractivity contribution in [3.63, 3.8) is 0 Å². The topological polar surface area (TPSA) is 63.3 Å². The molecule has 14 heavy (non-hydrogen) atoms. The minimum Gasteiger partial charge on any atom is -0.480 e. The standard InChI is InChI=1S/C10H12FNO2/c11-6-8-3-1-7(2-4-8)5-9(12)10(13)14/h1-4,9H,5-6,12H2,(H,13,14)/t9-/m1/s1. The van der Waals surface area contributed by atoms with Gasteiger partial charge in [-0.25, -0.2) is 4.39 Å². The third-order valence-electron chi connectivity index (χ3n) is 1.95. The van der Waals surface area contributed by atoms with Crippen LogP contribution in [0.4, 0.5) is 4.39 Å². The molecule has 0 aliphatic heterocycles. The maximum Gasteiger partial charge on any atom is 0.320 e. The molecule has 76 valence electrons. The molecule has 0 radical (unpaired) electrons. The van der Waals surface area contributed by atoms with Gasteiger partial charge in [0.05, 0.1) is 0 Å². The number of aliphatic carboxylic acids is 1. The lowest BCUT2D eigenvalue weighted by molar-refractivity contribution is -0.138. The Kier molecular flexibility index (Phi) is 3.59. The fourth-order valence-electron chi connectivity index (χ4n) is 1.11. The van der Waals surface area contributed by atoms with Gasteiger partial charge in [0, 0.05) is 0 Å². The molecule has 4 heteroatoms. The van der Waals surface area contributed by atoms with Gasteiger partial charge in [-0.05, 0) is 17.5 Å². The summed E-state index contributed by atoms with van der Waals surface area (Å²) < 4.78 is 12.1. The summed E-state index contributed by atoms with van der Waals surface area (Å²) in [6, 6.07) is 5.75. The molecular weight excluding hydrogens is 185 g/mol. The molecule has 0 unspecified atom stereocenters. The molecule has 0 aliphatic carbocycles. The molecule has 1 aromatic carbocycles. The normalized spacial score (nSPS) is 12.4. The van der Waals surface area contributed by atoms with Gasteiger partial charge in [-0.2, -0.15) is 0 Å². The van der Waals surface area contributed by atoms with Crippen LogP contribution in [0.3, 0.4) is 0 Å². The summed E-state index contributed by atoms with van der Waals surface area (Å²) in [5, 5.41) is 8.56. The molecule has 1 atom stereocenters. The highest BCUT2D eigenvalue weighted by atomic mass is 19.1. The van der Waals surface area contributed by atoms with Gasteiger partial charge in [-0.15, -0.1) is 0 Å². The van der Waals surface area contributed by atoms with Gasteiger partial charge in [0.25, 0.3) is 0 Å². The summed E-state index contributed by atoms with van der Waals surface area (Å²) in [6.45, 7) is -0.509. The van der Waals surface area contributed by atoms with Crippen molar-refractivity contribution in [2.45, 2.75) is 19.1 Å². The highest BCUT2D eigenvalue weighted by Gasteiger charge is 2.11. The van der Waals surface area contributed by atoms with Crippen LogP contribution in [0.25, 0.3) is 0 Å². The van der Waals surface area contributed by atoms with Crippen molar-refractivity contribution >= 4 is 5.97 Å². The van der Waals surface area contributed by atoms with Gasteiger partial charge in [0.1, 0.15) is 12.7 Å². The Morgan fingerprint density at radius 3 is 2.29 bits per heavy atom. The Hall–Kier alpha value is -1.42. The summed E-state index contributed by atoms with van der Waals surface area (Å²) >= 11 is 0. The number of carboxylic acids is 1. The lowest BCUT2D eigenvalue weighted by Crippen LogP contribution is -2.32. The van der Waals surface area contributed by atoms with Gasteiger partial charge < -0.3 is 10.8 Å². The van der Waals surface area contributed by atoms with Crippen LogP contribution in [0.1, 0.15) is 11.1 Å². The first-order valence-electron chi connectivity index (χ1n) is 4.25. The Morgan fingerprint density at radius 1 is 1.36 bits per heavy atom. The molecular formula is C10H12FNO2. The van der Waals surface area contributed by atoms with Crippen LogP contribution in [0.5, 0.6) is 0 Å². The first-order valence-corrected chi connectivity index (χ1v) is 4.25. The monoisotopic (exact) mass is 197 g/mol. The van der Waals surface area contributed by atoms with E-state index in [1.165, 1.54) is 0 Å². The quantitative estimate of drug-likeness (QED) is 0.760. The van der Waals surface area contributed by atoms with Crippen molar-refractivity contribution in [2.24, 2.45) is 5.73 Å². The van der Waals surface area contributed by atoms with Gasteiger partial charge in [0.2, 0.25) is 0 Å². The van der Waals surface area contributed by atoms with Crippen molar-refractivity contribution < 1.29 is 14.3 Å². The zero-order chi connectivity index (χ0) is 10.6. The zero-order valence-electron chi connectivity index (χ0n) is 7.61. The first kappa shape index (κ1) is 10.7. The number of carboxylic acid groups (broad SMARTS) is 1. The van der Waals surface area contributed by atoms with Crippen molar-refractivity contribution in [3.8, 4) is 0 Å². The van der Waals surface area contributed by atoms with Crippen molar-refractivity contribution in [2.75, 3.05) is 0 Å². The molecule has 1 aromatic rings. The highest BCUT2D eigenvalue weighted by Crippen LogP contribution is 2.07. The van der Waals surface area contributed by atoms with Gasteiger partial charge >= 0.3 is 5.97 Å². The lowest BCUT2D eigenvalue weighted by Gasteiger charge is -2.06. The maximum absolute atomic E-state index is 12.1. The minimum absolute atomic E-state index is 0.266.